The third-order valence-electron chi connectivity index (χ3n) is 4.67. The summed E-state index contributed by atoms with van der Waals surface area (Å²) in [5.74, 6) is 0.927. The molecule has 0 aliphatic carbocycles. The zero-order chi connectivity index (χ0) is 16.9. The Bertz CT molecular complexity index is 460. The molecule has 0 fully saturated rings. The lowest BCUT2D eigenvalue weighted by Crippen LogP contribution is -2.41. The van der Waals surface area contributed by atoms with Crippen LogP contribution in [0.1, 0.15) is 52.4 Å². The van der Waals surface area contributed by atoms with Gasteiger partial charge in [0, 0.05) is 5.25 Å². The molecule has 22 heavy (non-hydrogen) atoms. The molecule has 0 radical (unpaired) electrons. The fraction of sp³-hybridized carbons (Fsp3) is 0.579. The van der Waals surface area contributed by atoms with Gasteiger partial charge in [-0.05, 0) is 34.3 Å². The summed E-state index contributed by atoms with van der Waals surface area (Å²) in [5.41, 5.74) is 3.53. The molecule has 0 unspecified atom stereocenters. The minimum absolute atomic E-state index is 0.342. The molecule has 0 aliphatic rings. The standard InChI is InChI=1S/C19H32OSSi/c1-9-19(17-11-10-12-18(13-17)20-8)21-22(14(2)3,15(4)5)16(6)7/h9-16,19H,1H2,2-8H3/t19-/m0/s1. The number of rotatable bonds is 8. The highest BCUT2D eigenvalue weighted by Crippen LogP contribution is 2.54. The zero-order valence-corrected chi connectivity index (χ0v) is 17.0. The quantitative estimate of drug-likeness (QED) is 0.380. The Morgan fingerprint density at radius 3 is 2.00 bits per heavy atom. The Morgan fingerprint density at radius 1 is 1.05 bits per heavy atom. The van der Waals surface area contributed by atoms with E-state index < -0.39 is 7.22 Å². The molecule has 0 aromatic heterocycles. The van der Waals surface area contributed by atoms with Gasteiger partial charge >= 0.3 is 0 Å². The summed E-state index contributed by atoms with van der Waals surface area (Å²) < 4.78 is 5.39. The van der Waals surface area contributed by atoms with Crippen LogP contribution in [0, 0.1) is 0 Å². The van der Waals surface area contributed by atoms with E-state index in [1.165, 1.54) is 5.56 Å². The van der Waals surface area contributed by atoms with Crippen molar-refractivity contribution in [1.82, 2.24) is 0 Å². The van der Waals surface area contributed by atoms with Crippen molar-refractivity contribution < 1.29 is 4.74 Å². The van der Waals surface area contributed by atoms with E-state index in [2.05, 4.69) is 83.6 Å². The van der Waals surface area contributed by atoms with E-state index in [0.29, 0.717) is 5.25 Å². The van der Waals surface area contributed by atoms with Crippen LogP contribution in [0.4, 0.5) is 0 Å². The molecule has 0 spiro atoms. The Balaban J connectivity index is 3.20. The minimum Gasteiger partial charge on any atom is -0.497 e. The van der Waals surface area contributed by atoms with Gasteiger partial charge in [0.2, 0.25) is 0 Å². The van der Waals surface area contributed by atoms with Crippen LogP contribution in [0.15, 0.2) is 36.9 Å². The zero-order valence-electron chi connectivity index (χ0n) is 15.2. The molecule has 1 rings (SSSR count). The third kappa shape index (κ3) is 3.99. The van der Waals surface area contributed by atoms with E-state index in [-0.39, 0.29) is 0 Å². The summed E-state index contributed by atoms with van der Waals surface area (Å²) in [6.45, 7) is 18.6. The van der Waals surface area contributed by atoms with Crippen LogP contribution in [0.2, 0.25) is 16.6 Å². The first-order valence-electron chi connectivity index (χ1n) is 8.23. The average molecular weight is 337 g/mol. The third-order valence-corrected chi connectivity index (χ3v) is 17.4. The molecule has 1 nitrogen and oxygen atoms in total. The molecule has 0 N–H and O–H groups in total. The molecule has 124 valence electrons. The van der Waals surface area contributed by atoms with Crippen molar-refractivity contribution in [2.45, 2.75) is 63.4 Å². The number of benzene rings is 1. The first-order chi connectivity index (χ1) is 10.3. The largest absolute Gasteiger partial charge is 0.497 e. The van der Waals surface area contributed by atoms with E-state index in [1.807, 2.05) is 6.07 Å². The minimum atomic E-state index is -1.52. The molecule has 1 atom stereocenters. The van der Waals surface area contributed by atoms with Gasteiger partial charge in [0.15, 0.2) is 0 Å². The highest BCUT2D eigenvalue weighted by Gasteiger charge is 2.45. The normalized spacial score (nSPS) is 13.7. The number of ether oxygens (including phenoxy) is 1. The van der Waals surface area contributed by atoms with E-state index in [4.69, 9.17) is 4.74 Å². The highest BCUT2D eigenvalue weighted by molar-refractivity contribution is 8.29. The van der Waals surface area contributed by atoms with Gasteiger partial charge in [0.25, 0.3) is 0 Å². The second-order valence-corrected chi connectivity index (χ2v) is 15.6. The highest BCUT2D eigenvalue weighted by atomic mass is 32.4. The maximum atomic E-state index is 5.39. The molecule has 0 saturated heterocycles. The topological polar surface area (TPSA) is 9.23 Å². The predicted octanol–water partition coefficient (Wildman–Crippen LogP) is 6.83. The van der Waals surface area contributed by atoms with Crippen molar-refractivity contribution in [3.8, 4) is 5.75 Å². The molecule has 0 amide bonds. The van der Waals surface area contributed by atoms with E-state index >= 15 is 0 Å². The summed E-state index contributed by atoms with van der Waals surface area (Å²) in [5, 5.41) is 0.342. The van der Waals surface area contributed by atoms with Gasteiger partial charge in [0.1, 0.15) is 13.0 Å². The van der Waals surface area contributed by atoms with Crippen LogP contribution in [-0.4, -0.2) is 14.3 Å². The van der Waals surface area contributed by atoms with Crippen LogP contribution >= 0.6 is 11.2 Å². The van der Waals surface area contributed by atoms with Crippen molar-refractivity contribution in [3.05, 3.63) is 42.5 Å². The van der Waals surface area contributed by atoms with Crippen LogP contribution in [0.25, 0.3) is 0 Å². The van der Waals surface area contributed by atoms with Crippen LogP contribution < -0.4 is 4.74 Å². The number of methoxy groups -OCH3 is 1. The van der Waals surface area contributed by atoms with Gasteiger partial charge in [-0.2, -0.15) is 11.2 Å². The van der Waals surface area contributed by atoms with E-state index in [1.54, 1.807) is 7.11 Å². The summed E-state index contributed by atoms with van der Waals surface area (Å²) >= 11 is 2.20. The summed E-state index contributed by atoms with van der Waals surface area (Å²) in [6, 6.07) is 8.43. The SMILES string of the molecule is C=C[C@H](S[Si](C(C)C)(C(C)C)C(C)C)c1cccc(OC)c1. The lowest BCUT2D eigenvalue weighted by atomic mass is 10.1. The summed E-state index contributed by atoms with van der Waals surface area (Å²) in [7, 11) is 0.209. The number of hydrogen-bond acceptors (Lipinski definition) is 2. The first kappa shape index (κ1) is 19.4. The molecular weight excluding hydrogens is 304 g/mol. The second-order valence-electron chi connectivity index (χ2n) is 6.87. The average Bonchev–Trinajstić information content (AvgIpc) is 2.47. The van der Waals surface area contributed by atoms with E-state index in [0.717, 1.165) is 22.4 Å². The van der Waals surface area contributed by atoms with Gasteiger partial charge in [-0.3, -0.25) is 0 Å². The van der Waals surface area contributed by atoms with Crippen molar-refractivity contribution in [2.75, 3.05) is 7.11 Å². The van der Waals surface area contributed by atoms with Crippen molar-refractivity contribution in [3.63, 3.8) is 0 Å². The Morgan fingerprint density at radius 2 is 1.59 bits per heavy atom. The summed E-state index contributed by atoms with van der Waals surface area (Å²) in [6.07, 6.45) is 2.11. The molecule has 0 bridgehead atoms. The Kier molecular flexibility index (Phi) is 7.27. The lowest BCUT2D eigenvalue weighted by molar-refractivity contribution is 0.414. The first-order valence-corrected chi connectivity index (χ1v) is 12.1. The van der Waals surface area contributed by atoms with Crippen molar-refractivity contribution in [2.24, 2.45) is 0 Å². The van der Waals surface area contributed by atoms with Crippen molar-refractivity contribution in [1.29, 1.82) is 0 Å². The van der Waals surface area contributed by atoms with Gasteiger partial charge in [-0.1, -0.05) is 59.8 Å². The molecule has 1 aromatic rings. The summed E-state index contributed by atoms with van der Waals surface area (Å²) in [4.78, 5) is 0. The fourth-order valence-corrected chi connectivity index (χ4v) is 13.8. The van der Waals surface area contributed by atoms with Crippen LogP contribution in [-0.2, 0) is 0 Å². The molecule has 3 heteroatoms. The van der Waals surface area contributed by atoms with E-state index in [9.17, 15) is 0 Å². The molecule has 0 aliphatic heterocycles. The Hall–Kier alpha value is -0.673. The molecule has 1 aromatic carbocycles. The number of hydrogen-bond donors (Lipinski definition) is 0. The van der Waals surface area contributed by atoms with Gasteiger partial charge < -0.3 is 4.74 Å². The molecular formula is C19H32OSSi. The van der Waals surface area contributed by atoms with Gasteiger partial charge in [0.05, 0.1) is 7.11 Å². The van der Waals surface area contributed by atoms with Crippen LogP contribution in [0.3, 0.4) is 0 Å². The van der Waals surface area contributed by atoms with Crippen LogP contribution in [0.5, 0.6) is 5.75 Å². The molecule has 0 heterocycles. The monoisotopic (exact) mass is 336 g/mol. The predicted molar refractivity (Wildman–Crippen MR) is 105 cm³/mol. The smallest absolute Gasteiger partial charge is 0.126 e. The maximum absolute atomic E-state index is 5.39. The molecule has 0 saturated carbocycles. The van der Waals surface area contributed by atoms with Gasteiger partial charge in [-0.25, -0.2) is 0 Å². The Labute approximate surface area is 142 Å². The maximum Gasteiger partial charge on any atom is 0.126 e. The fourth-order valence-electron chi connectivity index (χ4n) is 3.70. The van der Waals surface area contributed by atoms with Crippen molar-refractivity contribution >= 4 is 18.4 Å². The second kappa shape index (κ2) is 8.26. The van der Waals surface area contributed by atoms with Gasteiger partial charge in [-0.15, -0.1) is 6.58 Å². The lowest BCUT2D eigenvalue weighted by Gasteiger charge is -2.44.